The zero-order valence-electron chi connectivity index (χ0n) is 22.1. The van der Waals surface area contributed by atoms with Gasteiger partial charge in [0, 0.05) is 66.9 Å². The Labute approximate surface area is 218 Å². The highest BCUT2D eigenvalue weighted by atomic mass is 16.2. The van der Waals surface area contributed by atoms with E-state index in [-0.39, 0.29) is 5.91 Å². The van der Waals surface area contributed by atoms with E-state index in [2.05, 4.69) is 52.1 Å². The fourth-order valence-corrected chi connectivity index (χ4v) is 4.62. The van der Waals surface area contributed by atoms with Gasteiger partial charge in [0.05, 0.1) is 5.69 Å². The van der Waals surface area contributed by atoms with Crippen LogP contribution in [0.3, 0.4) is 0 Å². The summed E-state index contributed by atoms with van der Waals surface area (Å²) >= 11 is 0. The number of hydrogen-bond acceptors (Lipinski definition) is 6. The second kappa shape index (κ2) is 11.8. The summed E-state index contributed by atoms with van der Waals surface area (Å²) in [5.41, 5.74) is 10.2. The Kier molecular flexibility index (Phi) is 8.28. The Morgan fingerprint density at radius 1 is 1.08 bits per heavy atom. The first-order valence-electron chi connectivity index (χ1n) is 12.8. The number of aromatic amines is 1. The number of H-pyrrole nitrogens is 1. The minimum Gasteiger partial charge on any atom is -0.399 e. The maximum absolute atomic E-state index is 13.0. The van der Waals surface area contributed by atoms with Crippen LogP contribution in [-0.4, -0.2) is 58.0 Å². The Morgan fingerprint density at radius 3 is 2.49 bits per heavy atom. The van der Waals surface area contributed by atoms with Gasteiger partial charge in [-0.2, -0.15) is 0 Å². The monoisotopic (exact) mass is 499 g/mol. The van der Waals surface area contributed by atoms with Crippen molar-refractivity contribution in [1.29, 1.82) is 0 Å². The van der Waals surface area contributed by atoms with Crippen LogP contribution in [0, 0.1) is 6.92 Å². The molecule has 3 aromatic heterocycles. The number of benzene rings is 1. The first kappa shape index (κ1) is 26.0. The Hall–Kier alpha value is -4.07. The molecule has 37 heavy (non-hydrogen) atoms. The average Bonchev–Trinajstić information content (AvgIpc) is 3.32. The van der Waals surface area contributed by atoms with Crippen molar-refractivity contribution < 1.29 is 4.79 Å². The van der Waals surface area contributed by atoms with Crippen LogP contribution in [0.15, 0.2) is 67.0 Å². The molecule has 4 heterocycles. The molecule has 1 aliphatic heterocycles. The second-order valence-corrected chi connectivity index (χ2v) is 9.81. The smallest absolute Gasteiger partial charge is 0.270 e. The van der Waals surface area contributed by atoms with Crippen LogP contribution in [0.5, 0.6) is 0 Å². The number of hydrogen-bond donors (Lipinski definition) is 3. The zero-order valence-corrected chi connectivity index (χ0v) is 22.1. The normalized spacial score (nSPS) is 13.8. The predicted octanol–water partition coefficient (Wildman–Crippen LogP) is 5.10. The molecule has 0 aliphatic carbocycles. The van der Waals surface area contributed by atoms with Crippen molar-refractivity contribution in [2.45, 2.75) is 45.7 Å². The van der Waals surface area contributed by atoms with Crippen LogP contribution < -0.4 is 16.0 Å². The van der Waals surface area contributed by atoms with E-state index < -0.39 is 0 Å². The Bertz CT molecular complexity index is 1310. The molecule has 8 heteroatoms. The van der Waals surface area contributed by atoms with Crippen molar-refractivity contribution >= 4 is 34.0 Å². The molecule has 0 bridgehead atoms. The van der Waals surface area contributed by atoms with Crippen LogP contribution in [0.1, 0.15) is 42.9 Å². The van der Waals surface area contributed by atoms with E-state index in [9.17, 15) is 4.79 Å². The number of carbonyl (C=O) groups is 1. The highest BCUT2D eigenvalue weighted by Crippen LogP contribution is 2.28. The molecular weight excluding hydrogens is 462 g/mol. The molecule has 1 fully saturated rings. The average molecular weight is 500 g/mol. The Morgan fingerprint density at radius 2 is 1.84 bits per heavy atom. The third-order valence-corrected chi connectivity index (χ3v) is 6.55. The highest BCUT2D eigenvalue weighted by molar-refractivity contribution is 5.98. The van der Waals surface area contributed by atoms with Crippen molar-refractivity contribution in [1.82, 2.24) is 19.9 Å². The number of fused-ring (bicyclic) bond motifs is 1. The number of nitrogens with one attached hydrogen (secondary N) is 2. The Balaban J connectivity index is 0.000000396. The third kappa shape index (κ3) is 6.58. The summed E-state index contributed by atoms with van der Waals surface area (Å²) in [5.74, 6) is 1.01. The number of aryl methyl sites for hydroxylation is 1. The fraction of sp³-hybridized carbons (Fsp3) is 0.345. The number of nitrogens with two attached hydrogens (primary N) is 1. The molecule has 1 amide bonds. The van der Waals surface area contributed by atoms with Crippen molar-refractivity contribution in [2.24, 2.45) is 0 Å². The predicted molar refractivity (Wildman–Crippen MR) is 152 cm³/mol. The molecule has 0 atom stereocenters. The number of nitrogens with zero attached hydrogens (tertiary/aromatic N) is 4. The lowest BCUT2D eigenvalue weighted by Crippen LogP contribution is -2.46. The maximum Gasteiger partial charge on any atom is 0.270 e. The summed E-state index contributed by atoms with van der Waals surface area (Å²) < 4.78 is 0. The van der Waals surface area contributed by atoms with E-state index in [1.54, 1.807) is 6.20 Å². The fourth-order valence-electron chi connectivity index (χ4n) is 4.62. The SMILES string of the molecule is CC(C)Nc1cccnc1N(C)C1CCN(C(=O)c2cc3cc(N)ccc3[nH]2)CC1.Cc1ccccn1. The van der Waals surface area contributed by atoms with E-state index in [1.165, 1.54) is 0 Å². The van der Waals surface area contributed by atoms with Gasteiger partial charge in [0.2, 0.25) is 0 Å². The number of amides is 1. The lowest BCUT2D eigenvalue weighted by molar-refractivity contribution is 0.0708. The molecule has 194 valence electrons. The van der Waals surface area contributed by atoms with Crippen molar-refractivity contribution in [3.63, 3.8) is 0 Å². The van der Waals surface area contributed by atoms with Crippen LogP contribution in [0.4, 0.5) is 17.2 Å². The van der Waals surface area contributed by atoms with E-state index >= 15 is 0 Å². The number of rotatable bonds is 5. The van der Waals surface area contributed by atoms with Gasteiger partial charge >= 0.3 is 0 Å². The van der Waals surface area contributed by atoms with Crippen molar-refractivity contribution in [3.8, 4) is 0 Å². The number of carbonyl (C=O) groups excluding carboxylic acids is 1. The molecule has 1 saturated heterocycles. The van der Waals surface area contributed by atoms with E-state index in [0.717, 1.165) is 54.0 Å². The van der Waals surface area contributed by atoms with E-state index in [0.29, 0.717) is 23.5 Å². The van der Waals surface area contributed by atoms with Gasteiger partial charge in [0.1, 0.15) is 5.69 Å². The number of nitrogen functional groups attached to an aromatic ring is 1. The van der Waals surface area contributed by atoms with Gasteiger partial charge in [-0.25, -0.2) is 4.98 Å². The van der Waals surface area contributed by atoms with Gasteiger partial charge < -0.3 is 25.8 Å². The molecular formula is C29H37N7O. The first-order chi connectivity index (χ1) is 17.8. The molecule has 4 N–H and O–H groups in total. The largest absolute Gasteiger partial charge is 0.399 e. The van der Waals surface area contributed by atoms with Crippen LogP contribution in [0.25, 0.3) is 10.9 Å². The summed E-state index contributed by atoms with van der Waals surface area (Å²) in [6.45, 7) is 7.68. The summed E-state index contributed by atoms with van der Waals surface area (Å²) in [5, 5.41) is 4.44. The minimum atomic E-state index is 0.0471. The highest BCUT2D eigenvalue weighted by Gasteiger charge is 2.28. The van der Waals surface area contributed by atoms with Crippen LogP contribution in [-0.2, 0) is 0 Å². The molecule has 0 radical (unpaired) electrons. The zero-order chi connectivity index (χ0) is 26.4. The van der Waals surface area contributed by atoms with Crippen LogP contribution >= 0.6 is 0 Å². The molecule has 4 aromatic rings. The lowest BCUT2D eigenvalue weighted by atomic mass is 10.0. The minimum absolute atomic E-state index is 0.0471. The lowest BCUT2D eigenvalue weighted by Gasteiger charge is -2.37. The summed E-state index contributed by atoms with van der Waals surface area (Å²) in [7, 11) is 2.10. The number of likely N-dealkylation sites (tertiary alicyclic amines) is 1. The standard InChI is InChI=1S/C23H30N6O.C6H7N/c1-15(2)26-20-5-4-10-25-22(20)28(3)18-8-11-29(12-9-18)23(30)21-14-16-13-17(24)6-7-19(16)27-21;1-6-4-2-3-5-7-6/h4-7,10,13-15,18,26-27H,8-9,11-12,24H2,1-3H3;2-5H,1H3. The van der Waals surface area contributed by atoms with Gasteiger partial charge in [0.25, 0.3) is 5.91 Å². The molecule has 5 rings (SSSR count). The van der Waals surface area contributed by atoms with Gasteiger partial charge in [-0.15, -0.1) is 0 Å². The molecule has 1 aliphatic rings. The molecule has 8 nitrogen and oxygen atoms in total. The maximum atomic E-state index is 13.0. The molecule has 0 saturated carbocycles. The van der Waals surface area contributed by atoms with Gasteiger partial charge in [0.15, 0.2) is 5.82 Å². The van der Waals surface area contributed by atoms with Crippen molar-refractivity contribution in [2.75, 3.05) is 36.1 Å². The number of anilines is 3. The second-order valence-electron chi connectivity index (χ2n) is 9.81. The molecule has 0 unspecified atom stereocenters. The topological polar surface area (TPSA) is 103 Å². The van der Waals surface area contributed by atoms with Gasteiger partial charge in [-0.3, -0.25) is 9.78 Å². The number of aromatic nitrogens is 3. The number of pyridine rings is 2. The summed E-state index contributed by atoms with van der Waals surface area (Å²) in [4.78, 5) is 29.0. The third-order valence-electron chi connectivity index (χ3n) is 6.55. The molecule has 1 aromatic carbocycles. The van der Waals surface area contributed by atoms with Gasteiger partial charge in [-0.1, -0.05) is 6.07 Å². The van der Waals surface area contributed by atoms with Gasteiger partial charge in [-0.05, 0) is 82.1 Å². The van der Waals surface area contributed by atoms with Crippen LogP contribution in [0.2, 0.25) is 0 Å². The van der Waals surface area contributed by atoms with Crippen molar-refractivity contribution in [3.05, 3.63) is 78.4 Å². The molecule has 0 spiro atoms. The summed E-state index contributed by atoms with van der Waals surface area (Å²) in [6, 6.07) is 18.1. The van der Waals surface area contributed by atoms with E-state index in [1.807, 2.05) is 66.6 Å². The summed E-state index contributed by atoms with van der Waals surface area (Å²) in [6.07, 6.45) is 5.44. The number of piperidine rings is 1. The van der Waals surface area contributed by atoms with E-state index in [4.69, 9.17) is 5.73 Å². The first-order valence-corrected chi connectivity index (χ1v) is 12.8. The quantitative estimate of drug-likeness (QED) is 0.330.